The fourth-order valence-electron chi connectivity index (χ4n) is 1.68. The zero-order valence-corrected chi connectivity index (χ0v) is 10.8. The van der Waals surface area contributed by atoms with E-state index in [4.69, 9.17) is 0 Å². The number of hydrogen-bond acceptors (Lipinski definition) is 3. The number of imidazole rings is 1. The molecule has 1 heterocycles. The van der Waals surface area contributed by atoms with Crippen LogP contribution in [0.1, 0.15) is 6.92 Å². The van der Waals surface area contributed by atoms with Crippen molar-refractivity contribution in [2.45, 2.75) is 24.4 Å². The van der Waals surface area contributed by atoms with Gasteiger partial charge in [-0.2, -0.15) is 0 Å². The summed E-state index contributed by atoms with van der Waals surface area (Å²) in [6, 6.07) is 8.14. The molecule has 0 aliphatic rings. The SMILES string of the molecule is CC(Cn1ccnc1)NS(=O)(=O)c1ccccc1. The van der Waals surface area contributed by atoms with Gasteiger partial charge in [0.25, 0.3) is 0 Å². The Morgan fingerprint density at radius 1 is 1.33 bits per heavy atom. The molecule has 0 amide bonds. The Balaban J connectivity index is 2.05. The normalized spacial score (nSPS) is 13.4. The van der Waals surface area contributed by atoms with E-state index in [1.807, 2.05) is 11.5 Å². The van der Waals surface area contributed by atoms with Gasteiger partial charge in [-0.3, -0.25) is 0 Å². The maximum absolute atomic E-state index is 12.0. The number of benzene rings is 1. The smallest absolute Gasteiger partial charge is 0.240 e. The van der Waals surface area contributed by atoms with Crippen LogP contribution in [-0.2, 0) is 16.6 Å². The summed E-state index contributed by atoms with van der Waals surface area (Å²) in [5.41, 5.74) is 0. The Kier molecular flexibility index (Phi) is 3.78. The van der Waals surface area contributed by atoms with Crippen molar-refractivity contribution in [3.8, 4) is 0 Å². The first kappa shape index (κ1) is 12.8. The van der Waals surface area contributed by atoms with Crippen molar-refractivity contribution in [3.05, 3.63) is 49.1 Å². The summed E-state index contributed by atoms with van der Waals surface area (Å²) in [7, 11) is -3.45. The van der Waals surface area contributed by atoms with Crippen molar-refractivity contribution in [1.82, 2.24) is 14.3 Å². The Morgan fingerprint density at radius 2 is 2.06 bits per heavy atom. The molecule has 2 rings (SSSR count). The lowest BCUT2D eigenvalue weighted by atomic mass is 10.4. The fraction of sp³-hybridized carbons (Fsp3) is 0.250. The molecule has 1 N–H and O–H groups in total. The van der Waals surface area contributed by atoms with Crippen molar-refractivity contribution in [1.29, 1.82) is 0 Å². The molecule has 6 heteroatoms. The topological polar surface area (TPSA) is 64.0 Å². The second kappa shape index (κ2) is 5.32. The predicted molar refractivity (Wildman–Crippen MR) is 68.5 cm³/mol. The number of hydrogen-bond donors (Lipinski definition) is 1. The lowest BCUT2D eigenvalue weighted by Crippen LogP contribution is -2.35. The van der Waals surface area contributed by atoms with E-state index in [-0.39, 0.29) is 10.9 Å². The van der Waals surface area contributed by atoms with Crippen LogP contribution in [0.4, 0.5) is 0 Å². The third kappa shape index (κ3) is 3.18. The molecule has 96 valence electrons. The van der Waals surface area contributed by atoms with E-state index in [9.17, 15) is 8.42 Å². The molecular formula is C12H15N3O2S. The number of sulfonamides is 1. The summed E-state index contributed by atoms with van der Waals surface area (Å²) in [6.07, 6.45) is 5.12. The van der Waals surface area contributed by atoms with E-state index in [2.05, 4.69) is 9.71 Å². The Hall–Kier alpha value is -1.66. The van der Waals surface area contributed by atoms with E-state index in [1.54, 1.807) is 49.1 Å². The van der Waals surface area contributed by atoms with Crippen LogP contribution in [-0.4, -0.2) is 24.0 Å². The average Bonchev–Trinajstić information content (AvgIpc) is 2.82. The first-order valence-electron chi connectivity index (χ1n) is 5.61. The zero-order valence-electron chi connectivity index (χ0n) is 10.0. The Bertz CT molecular complexity index is 579. The molecule has 0 bridgehead atoms. The van der Waals surface area contributed by atoms with E-state index in [0.717, 1.165) is 0 Å². The van der Waals surface area contributed by atoms with Gasteiger partial charge in [-0.25, -0.2) is 18.1 Å². The molecule has 18 heavy (non-hydrogen) atoms. The molecule has 0 saturated carbocycles. The highest BCUT2D eigenvalue weighted by Crippen LogP contribution is 2.08. The van der Waals surface area contributed by atoms with E-state index < -0.39 is 10.0 Å². The molecular weight excluding hydrogens is 250 g/mol. The highest BCUT2D eigenvalue weighted by molar-refractivity contribution is 7.89. The number of rotatable bonds is 5. The van der Waals surface area contributed by atoms with Crippen molar-refractivity contribution >= 4 is 10.0 Å². The molecule has 0 radical (unpaired) electrons. The number of aromatic nitrogens is 2. The largest absolute Gasteiger partial charge is 0.336 e. The molecule has 2 aromatic rings. The molecule has 1 aromatic heterocycles. The molecule has 1 unspecified atom stereocenters. The summed E-state index contributed by atoms with van der Waals surface area (Å²) >= 11 is 0. The van der Waals surface area contributed by atoms with Crippen LogP contribution in [0.2, 0.25) is 0 Å². The van der Waals surface area contributed by atoms with Gasteiger partial charge >= 0.3 is 0 Å². The first-order chi connectivity index (χ1) is 8.58. The van der Waals surface area contributed by atoms with Crippen LogP contribution in [0.25, 0.3) is 0 Å². The highest BCUT2D eigenvalue weighted by Gasteiger charge is 2.16. The van der Waals surface area contributed by atoms with Gasteiger partial charge in [-0.15, -0.1) is 0 Å². The minimum absolute atomic E-state index is 0.204. The maximum Gasteiger partial charge on any atom is 0.240 e. The van der Waals surface area contributed by atoms with Gasteiger partial charge in [0.1, 0.15) is 0 Å². The number of nitrogens with zero attached hydrogens (tertiary/aromatic N) is 2. The summed E-state index contributed by atoms with van der Waals surface area (Å²) in [5.74, 6) is 0. The quantitative estimate of drug-likeness (QED) is 0.885. The predicted octanol–water partition coefficient (Wildman–Crippen LogP) is 1.25. The standard InChI is InChI=1S/C12H15N3O2S/c1-11(9-15-8-7-13-10-15)14-18(16,17)12-5-3-2-4-6-12/h2-8,10-11,14H,9H2,1H3. The fourth-order valence-corrected chi connectivity index (χ4v) is 2.94. The summed E-state index contributed by atoms with van der Waals surface area (Å²) in [5, 5.41) is 0. The van der Waals surface area contributed by atoms with Crippen molar-refractivity contribution < 1.29 is 8.42 Å². The zero-order chi connectivity index (χ0) is 13.0. The van der Waals surface area contributed by atoms with Crippen LogP contribution >= 0.6 is 0 Å². The van der Waals surface area contributed by atoms with Crippen LogP contribution in [0.15, 0.2) is 53.9 Å². The summed E-state index contributed by atoms with van der Waals surface area (Å²) in [6.45, 7) is 2.37. The Labute approximate surface area is 107 Å². The molecule has 0 aliphatic carbocycles. The second-order valence-corrected chi connectivity index (χ2v) is 5.81. The second-order valence-electron chi connectivity index (χ2n) is 4.09. The third-order valence-corrected chi connectivity index (χ3v) is 4.06. The van der Waals surface area contributed by atoms with Gasteiger partial charge in [0.2, 0.25) is 10.0 Å². The molecule has 1 atom stereocenters. The molecule has 0 saturated heterocycles. The van der Waals surface area contributed by atoms with Gasteiger partial charge in [0.05, 0.1) is 11.2 Å². The molecule has 0 fully saturated rings. The highest BCUT2D eigenvalue weighted by atomic mass is 32.2. The van der Waals surface area contributed by atoms with E-state index >= 15 is 0 Å². The van der Waals surface area contributed by atoms with Crippen LogP contribution in [0.5, 0.6) is 0 Å². The van der Waals surface area contributed by atoms with Crippen LogP contribution in [0, 0.1) is 0 Å². The maximum atomic E-state index is 12.0. The summed E-state index contributed by atoms with van der Waals surface area (Å²) < 4.78 is 28.5. The molecule has 0 spiro atoms. The minimum atomic E-state index is -3.45. The van der Waals surface area contributed by atoms with Crippen molar-refractivity contribution in [2.75, 3.05) is 0 Å². The lowest BCUT2D eigenvalue weighted by Gasteiger charge is -2.14. The van der Waals surface area contributed by atoms with Gasteiger partial charge in [0.15, 0.2) is 0 Å². The first-order valence-corrected chi connectivity index (χ1v) is 7.09. The van der Waals surface area contributed by atoms with Crippen molar-refractivity contribution in [3.63, 3.8) is 0 Å². The number of nitrogens with one attached hydrogen (secondary N) is 1. The average molecular weight is 265 g/mol. The van der Waals surface area contributed by atoms with Crippen molar-refractivity contribution in [2.24, 2.45) is 0 Å². The minimum Gasteiger partial charge on any atom is -0.336 e. The van der Waals surface area contributed by atoms with E-state index in [1.165, 1.54) is 0 Å². The van der Waals surface area contributed by atoms with Crippen LogP contribution < -0.4 is 4.72 Å². The molecule has 0 aliphatic heterocycles. The van der Waals surface area contributed by atoms with E-state index in [0.29, 0.717) is 6.54 Å². The van der Waals surface area contributed by atoms with Gasteiger partial charge in [-0.05, 0) is 19.1 Å². The third-order valence-electron chi connectivity index (χ3n) is 2.45. The molecule has 5 nitrogen and oxygen atoms in total. The Morgan fingerprint density at radius 3 is 2.67 bits per heavy atom. The molecule has 1 aromatic carbocycles. The lowest BCUT2D eigenvalue weighted by molar-refractivity contribution is 0.520. The van der Waals surface area contributed by atoms with Gasteiger partial charge < -0.3 is 4.57 Å². The van der Waals surface area contributed by atoms with Crippen LogP contribution in [0.3, 0.4) is 0 Å². The van der Waals surface area contributed by atoms with Gasteiger partial charge in [-0.1, -0.05) is 18.2 Å². The monoisotopic (exact) mass is 265 g/mol. The van der Waals surface area contributed by atoms with Gasteiger partial charge in [0, 0.05) is 25.0 Å². The summed E-state index contributed by atoms with van der Waals surface area (Å²) in [4.78, 5) is 4.20.